The summed E-state index contributed by atoms with van der Waals surface area (Å²) < 4.78 is 5.57. The summed E-state index contributed by atoms with van der Waals surface area (Å²) in [5.41, 5.74) is 2.10. The SMILES string of the molecule is O=C(COc1ccc(C(=S)N2CCCCC2)cc1)NCc1ccccc1. The first-order valence-corrected chi connectivity index (χ1v) is 9.46. The maximum Gasteiger partial charge on any atom is 0.258 e. The van der Waals surface area contributed by atoms with Gasteiger partial charge in [0.1, 0.15) is 10.7 Å². The molecule has 5 heteroatoms. The number of amides is 1. The van der Waals surface area contributed by atoms with Crippen LogP contribution in [0.1, 0.15) is 30.4 Å². The minimum Gasteiger partial charge on any atom is -0.484 e. The molecule has 1 N–H and O–H groups in total. The van der Waals surface area contributed by atoms with Crippen LogP contribution in [0.3, 0.4) is 0 Å². The predicted octanol–water partition coefficient (Wildman–Crippen LogP) is 3.54. The number of piperidine rings is 1. The topological polar surface area (TPSA) is 41.6 Å². The third-order valence-corrected chi connectivity index (χ3v) is 4.94. The number of carbonyl (C=O) groups excluding carboxylic acids is 1. The van der Waals surface area contributed by atoms with Crippen molar-refractivity contribution in [3.8, 4) is 5.75 Å². The molecular formula is C21H24N2O2S. The number of hydrogen-bond donors (Lipinski definition) is 1. The van der Waals surface area contributed by atoms with Crippen LogP contribution in [0.4, 0.5) is 0 Å². The van der Waals surface area contributed by atoms with Gasteiger partial charge in [-0.25, -0.2) is 0 Å². The minimum absolute atomic E-state index is 0.00273. The molecule has 136 valence electrons. The Bertz CT molecular complexity index is 725. The van der Waals surface area contributed by atoms with Gasteiger partial charge in [-0.3, -0.25) is 4.79 Å². The van der Waals surface area contributed by atoms with E-state index in [-0.39, 0.29) is 12.5 Å². The van der Waals surface area contributed by atoms with Gasteiger partial charge in [0, 0.05) is 25.2 Å². The Hall–Kier alpha value is -2.40. The van der Waals surface area contributed by atoms with E-state index in [0.717, 1.165) is 29.2 Å². The molecule has 0 bridgehead atoms. The number of nitrogens with one attached hydrogen (secondary N) is 1. The maximum absolute atomic E-state index is 11.9. The Morgan fingerprint density at radius 3 is 2.38 bits per heavy atom. The first-order valence-electron chi connectivity index (χ1n) is 9.05. The van der Waals surface area contributed by atoms with Gasteiger partial charge in [-0.05, 0) is 49.1 Å². The number of hydrogen-bond acceptors (Lipinski definition) is 3. The molecule has 1 saturated heterocycles. The third-order valence-electron chi connectivity index (χ3n) is 4.45. The number of rotatable bonds is 6. The first-order chi connectivity index (χ1) is 12.7. The molecule has 0 spiro atoms. The number of nitrogens with zero attached hydrogens (tertiary/aromatic N) is 1. The lowest BCUT2D eigenvalue weighted by atomic mass is 10.1. The van der Waals surface area contributed by atoms with Crippen molar-refractivity contribution in [2.45, 2.75) is 25.8 Å². The quantitative estimate of drug-likeness (QED) is 0.792. The molecule has 1 amide bonds. The van der Waals surface area contributed by atoms with Gasteiger partial charge < -0.3 is 15.0 Å². The third kappa shape index (κ3) is 5.30. The van der Waals surface area contributed by atoms with Crippen molar-refractivity contribution >= 4 is 23.1 Å². The van der Waals surface area contributed by atoms with Crippen molar-refractivity contribution in [3.05, 3.63) is 65.7 Å². The summed E-state index contributed by atoms with van der Waals surface area (Å²) in [7, 11) is 0. The van der Waals surface area contributed by atoms with E-state index in [9.17, 15) is 4.79 Å². The van der Waals surface area contributed by atoms with E-state index in [1.165, 1.54) is 19.3 Å². The van der Waals surface area contributed by atoms with Crippen LogP contribution in [0.25, 0.3) is 0 Å². The Morgan fingerprint density at radius 2 is 1.69 bits per heavy atom. The zero-order chi connectivity index (χ0) is 18.2. The second-order valence-electron chi connectivity index (χ2n) is 6.43. The van der Waals surface area contributed by atoms with Gasteiger partial charge in [0.2, 0.25) is 0 Å². The fourth-order valence-electron chi connectivity index (χ4n) is 2.97. The molecule has 0 saturated carbocycles. The van der Waals surface area contributed by atoms with Crippen LogP contribution in [0, 0.1) is 0 Å². The highest BCUT2D eigenvalue weighted by molar-refractivity contribution is 7.80. The van der Waals surface area contributed by atoms with E-state index in [4.69, 9.17) is 17.0 Å². The van der Waals surface area contributed by atoms with Crippen molar-refractivity contribution in [2.75, 3.05) is 19.7 Å². The lowest BCUT2D eigenvalue weighted by molar-refractivity contribution is -0.123. The van der Waals surface area contributed by atoms with Crippen molar-refractivity contribution < 1.29 is 9.53 Å². The molecule has 1 fully saturated rings. The molecule has 1 aliphatic rings. The van der Waals surface area contributed by atoms with Crippen LogP contribution in [-0.4, -0.2) is 35.5 Å². The fraction of sp³-hybridized carbons (Fsp3) is 0.333. The highest BCUT2D eigenvalue weighted by atomic mass is 32.1. The highest BCUT2D eigenvalue weighted by Gasteiger charge is 2.14. The molecule has 0 unspecified atom stereocenters. The number of carbonyl (C=O) groups is 1. The van der Waals surface area contributed by atoms with Gasteiger partial charge in [0.15, 0.2) is 6.61 Å². The Balaban J connectivity index is 1.45. The van der Waals surface area contributed by atoms with Gasteiger partial charge in [-0.1, -0.05) is 42.5 Å². The highest BCUT2D eigenvalue weighted by Crippen LogP contribution is 2.17. The van der Waals surface area contributed by atoms with Crippen molar-refractivity contribution in [1.29, 1.82) is 0 Å². The number of ether oxygens (including phenoxy) is 1. The van der Waals surface area contributed by atoms with Crippen LogP contribution in [0.5, 0.6) is 5.75 Å². The van der Waals surface area contributed by atoms with Gasteiger partial charge in [0.25, 0.3) is 5.91 Å². The van der Waals surface area contributed by atoms with Gasteiger partial charge in [-0.2, -0.15) is 0 Å². The summed E-state index contributed by atoms with van der Waals surface area (Å²) in [6.45, 7) is 2.59. The van der Waals surface area contributed by atoms with E-state index in [1.54, 1.807) is 0 Å². The fourth-order valence-corrected chi connectivity index (χ4v) is 3.29. The van der Waals surface area contributed by atoms with Gasteiger partial charge in [-0.15, -0.1) is 0 Å². The molecule has 3 rings (SSSR count). The molecule has 0 aliphatic carbocycles. The minimum atomic E-state index is -0.137. The van der Waals surface area contributed by atoms with Crippen molar-refractivity contribution in [3.63, 3.8) is 0 Å². The average Bonchev–Trinajstić information content (AvgIpc) is 2.72. The Labute approximate surface area is 160 Å². The molecule has 0 radical (unpaired) electrons. The molecule has 1 heterocycles. The number of thiocarbonyl (C=S) groups is 1. The van der Waals surface area contributed by atoms with Crippen molar-refractivity contribution in [1.82, 2.24) is 10.2 Å². The molecule has 4 nitrogen and oxygen atoms in total. The molecule has 0 atom stereocenters. The van der Waals surface area contributed by atoms with Gasteiger partial charge >= 0.3 is 0 Å². The van der Waals surface area contributed by atoms with E-state index in [2.05, 4.69) is 10.2 Å². The standard InChI is InChI=1S/C21H24N2O2S/c24-20(22-15-17-7-3-1-4-8-17)16-25-19-11-9-18(10-12-19)21(26)23-13-5-2-6-14-23/h1,3-4,7-12H,2,5-6,13-16H2,(H,22,24). The summed E-state index contributed by atoms with van der Waals surface area (Å²) in [6.07, 6.45) is 3.71. The Kier molecular flexibility index (Phi) is 6.61. The lowest BCUT2D eigenvalue weighted by Gasteiger charge is -2.29. The van der Waals surface area contributed by atoms with Crippen LogP contribution in [0.15, 0.2) is 54.6 Å². The number of likely N-dealkylation sites (tertiary alicyclic amines) is 1. The zero-order valence-corrected chi connectivity index (χ0v) is 15.6. The zero-order valence-electron chi connectivity index (χ0n) is 14.8. The second kappa shape index (κ2) is 9.34. The van der Waals surface area contributed by atoms with E-state index in [1.807, 2.05) is 54.6 Å². The maximum atomic E-state index is 11.9. The van der Waals surface area contributed by atoms with Crippen LogP contribution < -0.4 is 10.1 Å². The molecular weight excluding hydrogens is 344 g/mol. The molecule has 2 aromatic carbocycles. The van der Waals surface area contributed by atoms with Crippen LogP contribution in [0.2, 0.25) is 0 Å². The monoisotopic (exact) mass is 368 g/mol. The summed E-state index contributed by atoms with van der Waals surface area (Å²) >= 11 is 5.59. The summed E-state index contributed by atoms with van der Waals surface area (Å²) in [6, 6.07) is 17.5. The summed E-state index contributed by atoms with van der Waals surface area (Å²) in [5, 5.41) is 2.85. The van der Waals surface area contributed by atoms with Crippen LogP contribution >= 0.6 is 12.2 Å². The second-order valence-corrected chi connectivity index (χ2v) is 6.81. The molecule has 1 aliphatic heterocycles. The summed E-state index contributed by atoms with van der Waals surface area (Å²) in [4.78, 5) is 15.1. The van der Waals surface area contributed by atoms with E-state index < -0.39 is 0 Å². The normalized spacial score (nSPS) is 13.9. The first kappa shape index (κ1) is 18.4. The Morgan fingerprint density at radius 1 is 1.00 bits per heavy atom. The van der Waals surface area contributed by atoms with Crippen LogP contribution in [-0.2, 0) is 11.3 Å². The largest absolute Gasteiger partial charge is 0.484 e. The van der Waals surface area contributed by atoms with Gasteiger partial charge in [0.05, 0.1) is 0 Å². The van der Waals surface area contributed by atoms with E-state index in [0.29, 0.717) is 12.3 Å². The number of benzene rings is 2. The predicted molar refractivity (Wildman–Crippen MR) is 107 cm³/mol. The smallest absolute Gasteiger partial charge is 0.258 e. The molecule has 2 aromatic rings. The molecule has 0 aromatic heterocycles. The average molecular weight is 369 g/mol. The summed E-state index contributed by atoms with van der Waals surface area (Å²) in [5.74, 6) is 0.534. The lowest BCUT2D eigenvalue weighted by Crippen LogP contribution is -2.34. The van der Waals surface area contributed by atoms with E-state index >= 15 is 0 Å². The molecule has 26 heavy (non-hydrogen) atoms. The van der Waals surface area contributed by atoms with Crippen molar-refractivity contribution in [2.24, 2.45) is 0 Å².